The second-order valence-corrected chi connectivity index (χ2v) is 6.04. The lowest BCUT2D eigenvalue weighted by atomic mass is 10.1. The number of Topliss-reactive ketones (excluding diaryl/α,β-unsaturated/α-hetero) is 1. The SMILES string of the molecule is CC(N)C(=O)c1ccn(S(=O)(=O)c2ccccc2)c1. The Morgan fingerprint density at radius 1 is 1.21 bits per heavy atom. The summed E-state index contributed by atoms with van der Waals surface area (Å²) < 4.78 is 25.5. The van der Waals surface area contributed by atoms with E-state index >= 15 is 0 Å². The molecule has 1 heterocycles. The molecule has 0 aliphatic rings. The first kappa shape index (κ1) is 13.5. The predicted octanol–water partition coefficient (Wildman–Crippen LogP) is 1.26. The number of aromatic nitrogens is 1. The lowest BCUT2D eigenvalue weighted by Crippen LogP contribution is -2.26. The van der Waals surface area contributed by atoms with E-state index in [1.807, 2.05) is 0 Å². The Balaban J connectivity index is 2.41. The molecule has 0 saturated carbocycles. The van der Waals surface area contributed by atoms with E-state index in [-0.39, 0.29) is 16.2 Å². The summed E-state index contributed by atoms with van der Waals surface area (Å²) in [4.78, 5) is 11.9. The molecular formula is C13H14N2O3S. The van der Waals surface area contributed by atoms with Gasteiger partial charge in [-0.25, -0.2) is 12.4 Å². The molecule has 0 amide bonds. The molecule has 2 rings (SSSR count). The van der Waals surface area contributed by atoms with Crippen LogP contribution >= 0.6 is 0 Å². The number of nitrogens with two attached hydrogens (primary N) is 1. The van der Waals surface area contributed by atoms with Crippen LogP contribution in [0.5, 0.6) is 0 Å². The van der Waals surface area contributed by atoms with Gasteiger partial charge in [-0.15, -0.1) is 0 Å². The molecule has 0 fully saturated rings. The molecule has 19 heavy (non-hydrogen) atoms. The van der Waals surface area contributed by atoms with Crippen molar-refractivity contribution in [2.75, 3.05) is 0 Å². The Morgan fingerprint density at radius 3 is 2.42 bits per heavy atom. The summed E-state index contributed by atoms with van der Waals surface area (Å²) in [6.07, 6.45) is 2.63. The summed E-state index contributed by atoms with van der Waals surface area (Å²) in [6, 6.07) is 8.82. The number of carbonyl (C=O) groups is 1. The monoisotopic (exact) mass is 278 g/mol. The van der Waals surface area contributed by atoms with Crippen LogP contribution in [0.2, 0.25) is 0 Å². The second-order valence-electron chi connectivity index (χ2n) is 4.20. The highest BCUT2D eigenvalue weighted by Crippen LogP contribution is 2.15. The zero-order valence-corrected chi connectivity index (χ0v) is 11.2. The van der Waals surface area contributed by atoms with Crippen molar-refractivity contribution in [3.63, 3.8) is 0 Å². The van der Waals surface area contributed by atoms with Crippen LogP contribution in [0.1, 0.15) is 17.3 Å². The van der Waals surface area contributed by atoms with E-state index in [2.05, 4.69) is 0 Å². The van der Waals surface area contributed by atoms with E-state index in [0.717, 1.165) is 3.97 Å². The molecular weight excluding hydrogens is 264 g/mol. The van der Waals surface area contributed by atoms with Crippen molar-refractivity contribution in [2.45, 2.75) is 17.9 Å². The first-order valence-corrected chi connectivity index (χ1v) is 7.15. The Morgan fingerprint density at radius 2 is 1.84 bits per heavy atom. The molecule has 5 nitrogen and oxygen atoms in total. The zero-order valence-electron chi connectivity index (χ0n) is 10.4. The van der Waals surface area contributed by atoms with Gasteiger partial charge in [-0.1, -0.05) is 18.2 Å². The maximum Gasteiger partial charge on any atom is 0.267 e. The highest BCUT2D eigenvalue weighted by atomic mass is 32.2. The summed E-state index contributed by atoms with van der Waals surface area (Å²) >= 11 is 0. The summed E-state index contributed by atoms with van der Waals surface area (Å²) in [5, 5.41) is 0. The number of rotatable bonds is 4. The molecule has 2 aromatic rings. The Kier molecular flexibility index (Phi) is 3.55. The minimum absolute atomic E-state index is 0.172. The zero-order chi connectivity index (χ0) is 14.0. The van der Waals surface area contributed by atoms with Gasteiger partial charge >= 0.3 is 0 Å². The van der Waals surface area contributed by atoms with Crippen molar-refractivity contribution in [3.05, 3.63) is 54.4 Å². The molecule has 0 saturated heterocycles. The van der Waals surface area contributed by atoms with Crippen LogP contribution in [-0.4, -0.2) is 24.2 Å². The molecule has 0 aliphatic carbocycles. The Bertz CT molecular complexity index is 688. The summed E-state index contributed by atoms with van der Waals surface area (Å²) in [7, 11) is -3.65. The van der Waals surface area contributed by atoms with Gasteiger partial charge in [0.2, 0.25) is 0 Å². The van der Waals surface area contributed by atoms with Crippen LogP contribution in [0.3, 0.4) is 0 Å². The van der Waals surface area contributed by atoms with Crippen molar-refractivity contribution < 1.29 is 13.2 Å². The van der Waals surface area contributed by atoms with Crippen LogP contribution in [0.15, 0.2) is 53.7 Å². The number of nitrogens with zero attached hydrogens (tertiary/aromatic N) is 1. The standard InChI is InChI=1S/C13H14N2O3S/c1-10(14)13(16)11-7-8-15(9-11)19(17,18)12-5-3-2-4-6-12/h2-10H,14H2,1H3. The lowest BCUT2D eigenvalue weighted by molar-refractivity contribution is 0.0968. The highest BCUT2D eigenvalue weighted by molar-refractivity contribution is 7.90. The fraction of sp³-hybridized carbons (Fsp3) is 0.154. The smallest absolute Gasteiger partial charge is 0.267 e. The predicted molar refractivity (Wildman–Crippen MR) is 71.4 cm³/mol. The van der Waals surface area contributed by atoms with Crippen molar-refractivity contribution in [2.24, 2.45) is 5.73 Å². The van der Waals surface area contributed by atoms with Gasteiger partial charge in [0.1, 0.15) is 0 Å². The van der Waals surface area contributed by atoms with Crippen molar-refractivity contribution in [1.82, 2.24) is 3.97 Å². The maximum atomic E-state index is 12.3. The van der Waals surface area contributed by atoms with Gasteiger partial charge < -0.3 is 5.73 Å². The third-order valence-corrected chi connectivity index (χ3v) is 4.33. The first-order chi connectivity index (χ1) is 8.93. The molecule has 1 aromatic carbocycles. The molecule has 0 bridgehead atoms. The Labute approximate surface area is 111 Å². The average Bonchev–Trinajstić information content (AvgIpc) is 2.89. The summed E-state index contributed by atoms with van der Waals surface area (Å²) in [6.45, 7) is 1.56. The number of hydrogen-bond donors (Lipinski definition) is 1. The van der Waals surface area contributed by atoms with Gasteiger partial charge in [-0.05, 0) is 25.1 Å². The topological polar surface area (TPSA) is 82.2 Å². The molecule has 2 N–H and O–H groups in total. The van der Waals surface area contributed by atoms with E-state index < -0.39 is 16.1 Å². The van der Waals surface area contributed by atoms with Crippen LogP contribution in [0, 0.1) is 0 Å². The molecule has 0 spiro atoms. The number of hydrogen-bond acceptors (Lipinski definition) is 4. The summed E-state index contributed by atoms with van der Waals surface area (Å²) in [5.74, 6) is -0.290. The van der Waals surface area contributed by atoms with Crippen LogP contribution in [0.4, 0.5) is 0 Å². The van der Waals surface area contributed by atoms with Gasteiger partial charge in [0.05, 0.1) is 10.9 Å². The Hall–Kier alpha value is -1.92. The molecule has 1 unspecified atom stereocenters. The number of carbonyl (C=O) groups excluding carboxylic acids is 1. The fourth-order valence-corrected chi connectivity index (χ4v) is 2.87. The second kappa shape index (κ2) is 4.99. The van der Waals surface area contributed by atoms with E-state index in [4.69, 9.17) is 5.73 Å². The normalized spacial score (nSPS) is 13.2. The maximum absolute atomic E-state index is 12.3. The van der Waals surface area contributed by atoms with Gasteiger partial charge in [0, 0.05) is 18.0 Å². The van der Waals surface area contributed by atoms with Gasteiger partial charge in [0.15, 0.2) is 5.78 Å². The minimum atomic E-state index is -3.65. The van der Waals surface area contributed by atoms with Crippen molar-refractivity contribution in [1.29, 1.82) is 0 Å². The van der Waals surface area contributed by atoms with Gasteiger partial charge in [-0.3, -0.25) is 4.79 Å². The van der Waals surface area contributed by atoms with Crippen LogP contribution in [0.25, 0.3) is 0 Å². The quantitative estimate of drug-likeness (QED) is 0.853. The third-order valence-electron chi connectivity index (χ3n) is 2.68. The number of benzene rings is 1. The van der Waals surface area contributed by atoms with Crippen molar-refractivity contribution >= 4 is 15.8 Å². The summed E-state index contributed by atoms with van der Waals surface area (Å²) in [5.41, 5.74) is 5.78. The minimum Gasteiger partial charge on any atom is -0.321 e. The largest absolute Gasteiger partial charge is 0.321 e. The molecule has 0 radical (unpaired) electrons. The van der Waals surface area contributed by atoms with Gasteiger partial charge in [0.25, 0.3) is 10.0 Å². The van der Waals surface area contributed by atoms with E-state index in [9.17, 15) is 13.2 Å². The third kappa shape index (κ3) is 2.59. The van der Waals surface area contributed by atoms with Crippen LogP contribution in [-0.2, 0) is 10.0 Å². The molecule has 1 aromatic heterocycles. The lowest BCUT2D eigenvalue weighted by Gasteiger charge is -2.05. The highest BCUT2D eigenvalue weighted by Gasteiger charge is 2.19. The van der Waals surface area contributed by atoms with Crippen molar-refractivity contribution in [3.8, 4) is 0 Å². The van der Waals surface area contributed by atoms with Gasteiger partial charge in [-0.2, -0.15) is 0 Å². The average molecular weight is 278 g/mol. The first-order valence-electron chi connectivity index (χ1n) is 5.71. The van der Waals surface area contributed by atoms with E-state index in [1.165, 1.54) is 30.6 Å². The fourth-order valence-electron chi connectivity index (χ4n) is 1.65. The molecule has 100 valence electrons. The van der Waals surface area contributed by atoms with E-state index in [1.54, 1.807) is 25.1 Å². The molecule has 1 atom stereocenters. The molecule has 6 heteroatoms. The van der Waals surface area contributed by atoms with E-state index in [0.29, 0.717) is 0 Å². The van der Waals surface area contributed by atoms with Crippen LogP contribution < -0.4 is 5.73 Å². The number of ketones is 1. The molecule has 0 aliphatic heterocycles.